The number of carbonyl (C=O) groups excluding carboxylic acids is 2. The molecule has 1 atom stereocenters. The van der Waals surface area contributed by atoms with E-state index in [0.717, 1.165) is 38.5 Å². The lowest BCUT2D eigenvalue weighted by atomic mass is 9.89. The fraction of sp³-hybridized carbons (Fsp3) is 0.714. The number of esters is 1. The second-order valence-corrected chi connectivity index (χ2v) is 7.46. The van der Waals surface area contributed by atoms with Gasteiger partial charge in [0, 0.05) is 12.0 Å². The van der Waals surface area contributed by atoms with Crippen LogP contribution in [0.15, 0.2) is 22.8 Å². The number of Topliss-reactive ketones (excluding diaryl/α,β-unsaturated/α-hetero) is 1. The van der Waals surface area contributed by atoms with Crippen LogP contribution in [0.5, 0.6) is 0 Å². The number of ketones is 1. The summed E-state index contributed by atoms with van der Waals surface area (Å²) in [6.45, 7) is 2.19. The summed E-state index contributed by atoms with van der Waals surface area (Å²) in [6.07, 6.45) is 14.3. The molecule has 0 saturated heterocycles. The normalized spacial score (nSPS) is 21.3. The van der Waals surface area contributed by atoms with Gasteiger partial charge >= 0.3 is 5.97 Å². The molecule has 0 radical (unpaired) electrons. The number of halogens is 1. The molecule has 0 spiro atoms. The number of hydrogen-bond acceptors (Lipinski definition) is 4. The van der Waals surface area contributed by atoms with Crippen molar-refractivity contribution >= 4 is 23.4 Å². The number of hydrogen-bond donors (Lipinski definition) is 1. The molecule has 0 heterocycles. The fourth-order valence-electron chi connectivity index (χ4n) is 3.27. The molecule has 1 aliphatic rings. The Morgan fingerprint density at radius 1 is 1.15 bits per heavy atom. The first-order valence-electron chi connectivity index (χ1n) is 9.87. The van der Waals surface area contributed by atoms with Crippen LogP contribution in [0.4, 0.5) is 0 Å². The van der Waals surface area contributed by atoms with Crippen LogP contribution in [0.25, 0.3) is 0 Å². The molecule has 4 nitrogen and oxygen atoms in total. The summed E-state index contributed by atoms with van der Waals surface area (Å²) in [5.74, 6) is -0.451. The first kappa shape index (κ1) is 22.9. The van der Waals surface area contributed by atoms with Crippen LogP contribution >= 0.6 is 11.6 Å². The van der Waals surface area contributed by atoms with E-state index in [4.69, 9.17) is 11.6 Å². The van der Waals surface area contributed by atoms with Crippen molar-refractivity contribution in [3.8, 4) is 0 Å². The van der Waals surface area contributed by atoms with Gasteiger partial charge in [0.1, 0.15) is 5.60 Å². The lowest BCUT2D eigenvalue weighted by Gasteiger charge is -2.22. The van der Waals surface area contributed by atoms with E-state index in [1.165, 1.54) is 32.4 Å². The van der Waals surface area contributed by atoms with Gasteiger partial charge in [0.2, 0.25) is 5.78 Å². The van der Waals surface area contributed by atoms with Crippen molar-refractivity contribution in [3.63, 3.8) is 0 Å². The maximum atomic E-state index is 12.3. The average molecular weight is 385 g/mol. The monoisotopic (exact) mass is 384 g/mol. The van der Waals surface area contributed by atoms with Crippen molar-refractivity contribution in [3.05, 3.63) is 22.8 Å². The average Bonchev–Trinajstić information content (AvgIpc) is 2.83. The van der Waals surface area contributed by atoms with Crippen LogP contribution in [0.3, 0.4) is 0 Å². The Morgan fingerprint density at radius 2 is 1.81 bits per heavy atom. The van der Waals surface area contributed by atoms with Gasteiger partial charge in [-0.2, -0.15) is 0 Å². The molecule has 0 aliphatic heterocycles. The second-order valence-electron chi connectivity index (χ2n) is 7.06. The lowest BCUT2D eigenvalue weighted by Crippen LogP contribution is -2.27. The molecule has 148 valence electrons. The van der Waals surface area contributed by atoms with E-state index in [1.807, 2.05) is 6.08 Å². The highest BCUT2D eigenvalue weighted by Crippen LogP contribution is 2.37. The standard InChI is InChI=1S/C21H33ClO4/c1-3-4-5-6-9-12-15-21(25)16-18(22)20(24)17(21)13-10-7-8-11-14-19(23)26-2/h13,16,25H,3-12,14-15H2,1-2H3/b17-13+. The number of allylic oxidation sites excluding steroid dienone is 2. The van der Waals surface area contributed by atoms with E-state index in [2.05, 4.69) is 11.7 Å². The lowest BCUT2D eigenvalue weighted by molar-refractivity contribution is -0.140. The van der Waals surface area contributed by atoms with Crippen LogP contribution in [0.2, 0.25) is 0 Å². The van der Waals surface area contributed by atoms with Gasteiger partial charge in [-0.3, -0.25) is 9.59 Å². The zero-order valence-corrected chi connectivity index (χ0v) is 16.9. The Morgan fingerprint density at radius 3 is 2.50 bits per heavy atom. The Hall–Kier alpha value is -1.13. The van der Waals surface area contributed by atoms with Crippen LogP contribution < -0.4 is 0 Å². The molecule has 0 fully saturated rings. The van der Waals surface area contributed by atoms with Crippen LogP contribution in [0, 0.1) is 0 Å². The Balaban J connectivity index is 2.44. The number of carbonyl (C=O) groups is 2. The molecule has 5 heteroatoms. The summed E-state index contributed by atoms with van der Waals surface area (Å²) in [6, 6.07) is 0. The number of ether oxygens (including phenoxy) is 1. The van der Waals surface area contributed by atoms with Gasteiger partial charge < -0.3 is 9.84 Å². The van der Waals surface area contributed by atoms with Crippen molar-refractivity contribution in [1.82, 2.24) is 0 Å². The topological polar surface area (TPSA) is 63.6 Å². The van der Waals surface area contributed by atoms with E-state index >= 15 is 0 Å². The van der Waals surface area contributed by atoms with Gasteiger partial charge in [0.15, 0.2) is 0 Å². The van der Waals surface area contributed by atoms with E-state index in [0.29, 0.717) is 24.8 Å². The zero-order valence-electron chi connectivity index (χ0n) is 16.2. The highest BCUT2D eigenvalue weighted by molar-refractivity contribution is 6.46. The predicted octanol–water partition coefficient (Wildman–Crippen LogP) is 5.22. The van der Waals surface area contributed by atoms with Gasteiger partial charge in [-0.25, -0.2) is 0 Å². The van der Waals surface area contributed by atoms with Gasteiger partial charge in [-0.1, -0.05) is 63.1 Å². The third kappa shape index (κ3) is 7.63. The van der Waals surface area contributed by atoms with Crippen molar-refractivity contribution in [2.45, 2.75) is 89.6 Å². The summed E-state index contributed by atoms with van der Waals surface area (Å²) in [4.78, 5) is 23.3. The summed E-state index contributed by atoms with van der Waals surface area (Å²) < 4.78 is 4.61. The molecule has 0 aromatic carbocycles. The maximum Gasteiger partial charge on any atom is 0.305 e. The van der Waals surface area contributed by atoms with E-state index < -0.39 is 5.60 Å². The Kier molecular flexibility index (Phi) is 10.8. The molecule has 1 rings (SSSR count). The van der Waals surface area contributed by atoms with Gasteiger partial charge in [-0.15, -0.1) is 0 Å². The Labute approximate surface area is 162 Å². The number of aliphatic hydroxyl groups is 1. The van der Waals surface area contributed by atoms with Crippen molar-refractivity contribution < 1.29 is 19.4 Å². The number of unbranched alkanes of at least 4 members (excludes halogenated alkanes) is 8. The molecule has 0 saturated carbocycles. The molecule has 1 unspecified atom stereocenters. The summed E-state index contributed by atoms with van der Waals surface area (Å²) in [5, 5.41) is 11.0. The van der Waals surface area contributed by atoms with E-state index in [1.54, 1.807) is 0 Å². The summed E-state index contributed by atoms with van der Waals surface area (Å²) >= 11 is 6.00. The van der Waals surface area contributed by atoms with Crippen LogP contribution in [-0.2, 0) is 14.3 Å². The summed E-state index contributed by atoms with van der Waals surface area (Å²) in [7, 11) is 1.39. The molecular weight excluding hydrogens is 352 g/mol. The maximum absolute atomic E-state index is 12.3. The minimum Gasteiger partial charge on any atom is -0.469 e. The van der Waals surface area contributed by atoms with Crippen molar-refractivity contribution in [1.29, 1.82) is 0 Å². The minimum atomic E-state index is -1.22. The largest absolute Gasteiger partial charge is 0.469 e. The fourth-order valence-corrected chi connectivity index (χ4v) is 3.55. The first-order valence-corrected chi connectivity index (χ1v) is 10.2. The minimum absolute atomic E-state index is 0.121. The second kappa shape index (κ2) is 12.3. The van der Waals surface area contributed by atoms with Crippen LogP contribution in [-0.4, -0.2) is 29.6 Å². The predicted molar refractivity (Wildman–Crippen MR) is 105 cm³/mol. The van der Waals surface area contributed by atoms with Gasteiger partial charge in [-0.05, 0) is 38.2 Å². The van der Waals surface area contributed by atoms with E-state index in [9.17, 15) is 14.7 Å². The molecule has 0 aromatic heterocycles. The zero-order chi connectivity index (χ0) is 19.4. The third-order valence-corrected chi connectivity index (χ3v) is 5.15. The molecule has 1 aliphatic carbocycles. The molecule has 1 N–H and O–H groups in total. The molecule has 26 heavy (non-hydrogen) atoms. The number of methoxy groups -OCH3 is 1. The number of rotatable bonds is 13. The SMILES string of the molecule is CCCCCCCCC1(O)C=C(Cl)C(=O)/C1=C\CCCCCC(=O)OC. The molecule has 0 aromatic rings. The quantitative estimate of drug-likeness (QED) is 0.268. The van der Waals surface area contributed by atoms with Crippen molar-refractivity contribution in [2.75, 3.05) is 7.11 Å². The first-order chi connectivity index (χ1) is 12.4. The third-order valence-electron chi connectivity index (χ3n) is 4.87. The summed E-state index contributed by atoms with van der Waals surface area (Å²) in [5.41, 5.74) is -0.797. The van der Waals surface area contributed by atoms with Gasteiger partial charge in [0.05, 0.1) is 12.1 Å². The van der Waals surface area contributed by atoms with Gasteiger partial charge in [0.25, 0.3) is 0 Å². The Bertz CT molecular complexity index is 524. The molecular formula is C21H33ClO4. The van der Waals surface area contributed by atoms with Crippen LogP contribution in [0.1, 0.15) is 84.0 Å². The molecule has 0 bridgehead atoms. The van der Waals surface area contributed by atoms with Crippen molar-refractivity contribution in [2.24, 2.45) is 0 Å². The van der Waals surface area contributed by atoms with E-state index in [-0.39, 0.29) is 16.8 Å². The molecule has 0 amide bonds. The smallest absolute Gasteiger partial charge is 0.305 e. The highest BCUT2D eigenvalue weighted by atomic mass is 35.5. The highest BCUT2D eigenvalue weighted by Gasteiger charge is 2.40.